The van der Waals surface area contributed by atoms with E-state index in [4.69, 9.17) is 4.89 Å². The van der Waals surface area contributed by atoms with Crippen LogP contribution in [0.2, 0.25) is 0 Å². The molecule has 0 aliphatic rings. The van der Waals surface area contributed by atoms with Gasteiger partial charge in [-0.25, -0.2) is 4.98 Å². The summed E-state index contributed by atoms with van der Waals surface area (Å²) in [5.41, 5.74) is 0. The Labute approximate surface area is 51.2 Å². The summed E-state index contributed by atoms with van der Waals surface area (Å²) in [5.74, 6) is 0. The minimum Gasteiger partial charge on any atom is -0.742 e. The minimum absolute atomic E-state index is 0.688. The van der Waals surface area contributed by atoms with Gasteiger partial charge in [0.2, 0.25) is 6.33 Å². The average Bonchev–Trinajstić information content (AvgIpc) is 2.08. The molecule has 1 aromatic heterocycles. The van der Waals surface area contributed by atoms with Crippen molar-refractivity contribution in [2.24, 2.45) is 0 Å². The van der Waals surface area contributed by atoms with E-state index < -0.39 is 7.75 Å². The zero-order valence-electron chi connectivity index (χ0n) is 4.39. The Morgan fingerprint density at radius 3 is 2.67 bits per heavy atom. The molecule has 1 rings (SSSR count). The van der Waals surface area contributed by atoms with Crippen molar-refractivity contribution in [1.29, 1.82) is 0 Å². The minimum atomic E-state index is -4.33. The second-order valence-electron chi connectivity index (χ2n) is 1.48. The van der Waals surface area contributed by atoms with Gasteiger partial charge in [-0.2, -0.15) is 4.34 Å². The molecule has 0 aliphatic heterocycles. The van der Waals surface area contributed by atoms with Crippen molar-refractivity contribution in [2.45, 2.75) is 0 Å². The number of hydrogen-bond donors (Lipinski definition) is 2. The number of rotatable bonds is 1. The highest BCUT2D eigenvalue weighted by atomic mass is 31.2. The Bertz CT molecular complexity index is 225. The first kappa shape index (κ1) is 6.48. The van der Waals surface area contributed by atoms with Crippen LogP contribution >= 0.6 is 7.75 Å². The standard InChI is InChI=1S/C3H5N2O3P/c6-9(7,8)5-2-1-4-3-5/h1-3H,(H2,6,7,8). The number of nitrogens with one attached hydrogen (secondary N) is 1. The highest BCUT2D eigenvalue weighted by Crippen LogP contribution is 2.19. The Morgan fingerprint density at radius 1 is 1.78 bits per heavy atom. The Morgan fingerprint density at radius 2 is 2.44 bits per heavy atom. The van der Waals surface area contributed by atoms with Crippen molar-refractivity contribution < 1.29 is 18.7 Å². The molecule has 9 heavy (non-hydrogen) atoms. The van der Waals surface area contributed by atoms with Gasteiger partial charge in [-0.3, -0.25) is 4.57 Å². The quantitative estimate of drug-likeness (QED) is 0.481. The van der Waals surface area contributed by atoms with Gasteiger partial charge in [-0.1, -0.05) is 0 Å². The molecule has 0 spiro atoms. The van der Waals surface area contributed by atoms with Crippen LogP contribution in [0.15, 0.2) is 18.7 Å². The van der Waals surface area contributed by atoms with Crippen LogP contribution in [0.1, 0.15) is 0 Å². The van der Waals surface area contributed by atoms with Crippen LogP contribution in [0.25, 0.3) is 0 Å². The fourth-order valence-corrected chi connectivity index (χ4v) is 0.887. The number of H-pyrrole nitrogens is 1. The summed E-state index contributed by atoms with van der Waals surface area (Å²) in [4.78, 5) is 21.0. The van der Waals surface area contributed by atoms with Gasteiger partial charge in [-0.15, -0.1) is 0 Å². The van der Waals surface area contributed by atoms with Crippen molar-refractivity contribution in [3.05, 3.63) is 18.7 Å². The molecule has 50 valence electrons. The van der Waals surface area contributed by atoms with Crippen molar-refractivity contribution in [3.63, 3.8) is 0 Å². The molecule has 2 N–H and O–H groups in total. The van der Waals surface area contributed by atoms with E-state index in [1.165, 1.54) is 12.4 Å². The van der Waals surface area contributed by atoms with Crippen LogP contribution in [0, 0.1) is 0 Å². The summed E-state index contributed by atoms with van der Waals surface area (Å²) in [6.07, 6.45) is 3.72. The van der Waals surface area contributed by atoms with Crippen LogP contribution < -0.4 is 9.23 Å². The van der Waals surface area contributed by atoms with E-state index in [1.807, 2.05) is 0 Å². The van der Waals surface area contributed by atoms with E-state index in [0.717, 1.165) is 6.33 Å². The van der Waals surface area contributed by atoms with E-state index >= 15 is 0 Å². The Kier molecular flexibility index (Phi) is 1.40. The van der Waals surface area contributed by atoms with Gasteiger partial charge in [0, 0.05) is 0 Å². The summed E-state index contributed by atoms with van der Waals surface area (Å²) in [7, 11) is -4.33. The number of nitrogens with zero attached hydrogens (tertiary/aromatic N) is 1. The van der Waals surface area contributed by atoms with E-state index in [9.17, 15) is 9.46 Å². The molecule has 0 aromatic carbocycles. The molecular weight excluding hydrogens is 143 g/mol. The zero-order chi connectivity index (χ0) is 6.91. The molecule has 0 saturated carbocycles. The molecular formula is C3H5N2O3P. The molecule has 0 amide bonds. The van der Waals surface area contributed by atoms with Crippen LogP contribution in [-0.4, -0.2) is 9.88 Å². The van der Waals surface area contributed by atoms with E-state index in [0.29, 0.717) is 4.34 Å². The highest BCUT2D eigenvalue weighted by molar-refractivity contribution is 7.42. The van der Waals surface area contributed by atoms with Gasteiger partial charge in [0.15, 0.2) is 0 Å². The predicted octanol–water partition coefficient (Wildman–Crippen LogP) is -1.39. The number of imidazole rings is 1. The van der Waals surface area contributed by atoms with Crippen LogP contribution in [-0.2, 0) is 4.57 Å². The maximum absolute atomic E-state index is 10.2. The third-order valence-electron chi connectivity index (χ3n) is 0.822. The maximum Gasteiger partial charge on any atom is 0.320 e. The molecule has 1 heterocycles. The number of aromatic nitrogens is 2. The van der Waals surface area contributed by atoms with Gasteiger partial charge in [0.1, 0.15) is 12.4 Å². The van der Waals surface area contributed by atoms with E-state index in [2.05, 4.69) is 4.98 Å². The zero-order valence-corrected chi connectivity index (χ0v) is 5.28. The lowest BCUT2D eigenvalue weighted by Gasteiger charge is -2.08. The molecule has 1 atom stereocenters. The molecule has 0 aliphatic carbocycles. The molecule has 0 bridgehead atoms. The molecule has 6 heteroatoms. The first-order valence-electron chi connectivity index (χ1n) is 2.19. The summed E-state index contributed by atoms with van der Waals surface area (Å²) in [5, 5.41) is 0. The fourth-order valence-electron chi connectivity index (χ4n) is 0.439. The molecule has 0 saturated heterocycles. The van der Waals surface area contributed by atoms with Gasteiger partial charge >= 0.3 is 7.75 Å². The molecule has 0 radical (unpaired) electrons. The van der Waals surface area contributed by atoms with Gasteiger partial charge in [-0.05, 0) is 0 Å². The first-order valence-corrected chi connectivity index (χ1v) is 3.72. The van der Waals surface area contributed by atoms with Crippen LogP contribution in [0.4, 0.5) is 0 Å². The Balaban J connectivity index is 3.04. The van der Waals surface area contributed by atoms with Crippen molar-refractivity contribution >= 4 is 7.75 Å². The normalized spacial score (nSPS) is 17.1. The Hall–Kier alpha value is -0.640. The lowest BCUT2D eigenvalue weighted by molar-refractivity contribution is -0.570. The third-order valence-corrected chi connectivity index (χ3v) is 1.65. The molecule has 1 unspecified atom stereocenters. The van der Waals surface area contributed by atoms with Gasteiger partial charge in [0.25, 0.3) is 0 Å². The molecule has 1 aromatic rings. The van der Waals surface area contributed by atoms with E-state index in [1.54, 1.807) is 0 Å². The summed E-state index contributed by atoms with van der Waals surface area (Å²) >= 11 is 0. The maximum atomic E-state index is 10.2. The van der Waals surface area contributed by atoms with Crippen molar-refractivity contribution in [2.75, 3.05) is 0 Å². The van der Waals surface area contributed by atoms with Crippen molar-refractivity contribution in [1.82, 2.24) is 4.98 Å². The lowest BCUT2D eigenvalue weighted by atomic mass is 11.0. The van der Waals surface area contributed by atoms with E-state index in [-0.39, 0.29) is 0 Å². The molecule has 0 fully saturated rings. The smallest absolute Gasteiger partial charge is 0.320 e. The largest absolute Gasteiger partial charge is 0.742 e. The second-order valence-corrected chi connectivity index (χ2v) is 2.93. The number of hydrogen-bond acceptors (Lipinski definition) is 2. The topological polar surface area (TPSA) is 80.0 Å². The predicted molar refractivity (Wildman–Crippen MR) is 26.2 cm³/mol. The SMILES string of the molecule is O=P([O-])(O)[n+]1cc[nH]c1. The van der Waals surface area contributed by atoms with Crippen molar-refractivity contribution in [3.8, 4) is 0 Å². The van der Waals surface area contributed by atoms with Crippen LogP contribution in [0.3, 0.4) is 0 Å². The highest BCUT2D eigenvalue weighted by Gasteiger charge is 2.08. The third kappa shape index (κ3) is 1.38. The fraction of sp³-hybridized carbons (Fsp3) is 0. The summed E-state index contributed by atoms with van der Waals surface area (Å²) in [6, 6.07) is 0. The lowest BCUT2D eigenvalue weighted by Crippen LogP contribution is -2.33. The average molecular weight is 148 g/mol. The number of aromatic amines is 1. The second kappa shape index (κ2) is 1.95. The summed E-state index contributed by atoms with van der Waals surface area (Å²) < 4.78 is 10.9. The molecule has 5 nitrogen and oxygen atoms in total. The van der Waals surface area contributed by atoms with Crippen LogP contribution in [0.5, 0.6) is 0 Å². The summed E-state index contributed by atoms with van der Waals surface area (Å²) in [6.45, 7) is 0. The monoisotopic (exact) mass is 148 g/mol. The van der Waals surface area contributed by atoms with Gasteiger partial charge in [0.05, 0.1) is 0 Å². The van der Waals surface area contributed by atoms with Gasteiger partial charge < -0.3 is 9.79 Å². The first-order chi connectivity index (χ1) is 4.11.